The van der Waals surface area contributed by atoms with Crippen LogP contribution >= 0.6 is 0 Å². The maximum absolute atomic E-state index is 10.9. The van der Waals surface area contributed by atoms with E-state index in [1.165, 1.54) is 5.56 Å². The van der Waals surface area contributed by atoms with Gasteiger partial charge < -0.3 is 9.67 Å². The molecule has 144 valence electrons. The summed E-state index contributed by atoms with van der Waals surface area (Å²) in [5.41, 5.74) is 5.19. The van der Waals surface area contributed by atoms with E-state index in [9.17, 15) is 4.79 Å². The number of nitrogens with zero attached hydrogens (tertiary/aromatic N) is 2. The average Bonchev–Trinajstić information content (AvgIpc) is 3.13. The highest BCUT2D eigenvalue weighted by Crippen LogP contribution is 2.21. The molecule has 3 aromatic carbocycles. The summed E-state index contributed by atoms with van der Waals surface area (Å²) in [6, 6.07) is 28.3. The van der Waals surface area contributed by atoms with Gasteiger partial charge in [-0.3, -0.25) is 4.79 Å². The largest absolute Gasteiger partial charge is 0.481 e. The number of imidazole rings is 1. The number of carbonyl (C=O) groups is 1. The Morgan fingerprint density at radius 3 is 2.07 bits per heavy atom. The zero-order valence-electron chi connectivity index (χ0n) is 16.0. The Kier molecular flexibility index (Phi) is 5.52. The molecule has 0 amide bonds. The van der Waals surface area contributed by atoms with E-state index in [-0.39, 0.29) is 6.42 Å². The molecular formula is C25H22N2O2. The van der Waals surface area contributed by atoms with Gasteiger partial charge in [0.25, 0.3) is 0 Å². The molecule has 0 saturated heterocycles. The Balaban J connectivity index is 1.63. The monoisotopic (exact) mass is 382 g/mol. The third-order valence-electron chi connectivity index (χ3n) is 4.87. The third-order valence-corrected chi connectivity index (χ3v) is 4.87. The maximum atomic E-state index is 10.9. The second kappa shape index (κ2) is 8.57. The predicted molar refractivity (Wildman–Crippen MR) is 114 cm³/mol. The van der Waals surface area contributed by atoms with Gasteiger partial charge in [0.15, 0.2) is 0 Å². The molecule has 0 fully saturated rings. The summed E-state index contributed by atoms with van der Waals surface area (Å²) in [6.07, 6.45) is 2.90. The van der Waals surface area contributed by atoms with Crippen molar-refractivity contribution in [3.8, 4) is 11.3 Å². The third kappa shape index (κ3) is 4.79. The van der Waals surface area contributed by atoms with Crippen molar-refractivity contribution in [2.45, 2.75) is 19.4 Å². The fraction of sp³-hybridized carbons (Fsp3) is 0.120. The minimum absolute atomic E-state index is 0.0444. The molecule has 0 spiro atoms. The average molecular weight is 382 g/mol. The lowest BCUT2D eigenvalue weighted by molar-refractivity contribution is -0.136. The van der Waals surface area contributed by atoms with Crippen LogP contribution in [-0.4, -0.2) is 20.6 Å². The van der Waals surface area contributed by atoms with Crippen LogP contribution in [0.2, 0.25) is 0 Å². The number of carboxylic acid groups (broad SMARTS) is 1. The summed E-state index contributed by atoms with van der Waals surface area (Å²) in [7, 11) is 0. The molecule has 1 heterocycles. The summed E-state index contributed by atoms with van der Waals surface area (Å²) in [5, 5.41) is 8.95. The van der Waals surface area contributed by atoms with Crippen LogP contribution in [0.5, 0.6) is 0 Å². The molecule has 0 atom stereocenters. The standard InChI is InChI=1S/C25H22N2O2/c28-25(29)16-20-11-13-21(14-12-20)17-27-18-23(22-9-5-2-6-10-22)26-24(27)15-19-7-3-1-4-8-19/h1-14,18H,15-17H2,(H,28,29). The molecule has 4 heteroatoms. The van der Waals surface area contributed by atoms with Crippen molar-refractivity contribution in [1.82, 2.24) is 9.55 Å². The molecule has 4 aromatic rings. The van der Waals surface area contributed by atoms with Crippen molar-refractivity contribution >= 4 is 5.97 Å². The summed E-state index contributed by atoms with van der Waals surface area (Å²) < 4.78 is 2.18. The van der Waals surface area contributed by atoms with Gasteiger partial charge in [-0.1, -0.05) is 84.9 Å². The Morgan fingerprint density at radius 2 is 1.41 bits per heavy atom. The Morgan fingerprint density at radius 1 is 0.793 bits per heavy atom. The van der Waals surface area contributed by atoms with E-state index in [2.05, 4.69) is 35.0 Å². The lowest BCUT2D eigenvalue weighted by atomic mass is 10.1. The van der Waals surface area contributed by atoms with Crippen molar-refractivity contribution < 1.29 is 9.90 Å². The van der Waals surface area contributed by atoms with Crippen LogP contribution in [0.3, 0.4) is 0 Å². The molecule has 0 aliphatic rings. The quantitative estimate of drug-likeness (QED) is 0.499. The first-order chi connectivity index (χ1) is 14.2. The number of hydrogen-bond donors (Lipinski definition) is 1. The minimum Gasteiger partial charge on any atom is -0.481 e. The van der Waals surface area contributed by atoms with E-state index < -0.39 is 5.97 Å². The minimum atomic E-state index is -0.815. The molecule has 0 aliphatic carbocycles. The number of benzene rings is 3. The van der Waals surface area contributed by atoms with E-state index in [4.69, 9.17) is 10.1 Å². The molecule has 0 unspecified atom stereocenters. The van der Waals surface area contributed by atoms with Gasteiger partial charge in [0.1, 0.15) is 5.82 Å². The zero-order chi connectivity index (χ0) is 20.1. The van der Waals surface area contributed by atoms with E-state index in [1.807, 2.05) is 60.7 Å². The molecular weight excluding hydrogens is 360 g/mol. The summed E-state index contributed by atoms with van der Waals surface area (Å²) in [4.78, 5) is 15.8. The van der Waals surface area contributed by atoms with Gasteiger partial charge in [0, 0.05) is 24.7 Å². The van der Waals surface area contributed by atoms with E-state index in [0.717, 1.165) is 34.6 Å². The number of carboxylic acids is 1. The molecule has 0 aliphatic heterocycles. The van der Waals surface area contributed by atoms with Crippen molar-refractivity contribution in [2.75, 3.05) is 0 Å². The van der Waals surface area contributed by atoms with Gasteiger partial charge in [0.05, 0.1) is 12.1 Å². The van der Waals surface area contributed by atoms with Crippen molar-refractivity contribution in [3.63, 3.8) is 0 Å². The number of aromatic nitrogens is 2. The van der Waals surface area contributed by atoms with Gasteiger partial charge in [-0.15, -0.1) is 0 Å². The number of hydrogen-bond acceptors (Lipinski definition) is 2. The van der Waals surface area contributed by atoms with Gasteiger partial charge in [-0.25, -0.2) is 4.98 Å². The van der Waals surface area contributed by atoms with E-state index in [0.29, 0.717) is 6.54 Å². The molecule has 4 rings (SSSR count). The Labute approximate surface area is 170 Å². The van der Waals surface area contributed by atoms with Crippen LogP contribution in [0.25, 0.3) is 11.3 Å². The Bertz CT molecular complexity index is 1080. The first-order valence-corrected chi connectivity index (χ1v) is 9.62. The maximum Gasteiger partial charge on any atom is 0.307 e. The van der Waals surface area contributed by atoms with Gasteiger partial charge in [0.2, 0.25) is 0 Å². The molecule has 29 heavy (non-hydrogen) atoms. The van der Waals surface area contributed by atoms with Crippen LogP contribution in [0.1, 0.15) is 22.5 Å². The van der Waals surface area contributed by atoms with Crippen LogP contribution < -0.4 is 0 Å². The lowest BCUT2D eigenvalue weighted by Crippen LogP contribution is -2.05. The van der Waals surface area contributed by atoms with E-state index >= 15 is 0 Å². The van der Waals surface area contributed by atoms with Crippen molar-refractivity contribution in [2.24, 2.45) is 0 Å². The molecule has 0 bridgehead atoms. The second-order valence-electron chi connectivity index (χ2n) is 7.09. The number of aliphatic carboxylic acids is 1. The van der Waals surface area contributed by atoms with Gasteiger partial charge >= 0.3 is 5.97 Å². The van der Waals surface area contributed by atoms with Crippen LogP contribution in [-0.2, 0) is 24.2 Å². The summed E-state index contributed by atoms with van der Waals surface area (Å²) >= 11 is 0. The highest BCUT2D eigenvalue weighted by atomic mass is 16.4. The SMILES string of the molecule is O=C(O)Cc1ccc(Cn2cc(-c3ccccc3)nc2Cc2ccccc2)cc1. The van der Waals surface area contributed by atoms with Crippen molar-refractivity contribution in [1.29, 1.82) is 0 Å². The normalized spacial score (nSPS) is 10.8. The first kappa shape index (κ1) is 18.7. The van der Waals surface area contributed by atoms with Gasteiger partial charge in [-0.05, 0) is 16.7 Å². The summed E-state index contributed by atoms with van der Waals surface area (Å²) in [6.45, 7) is 0.690. The molecule has 0 radical (unpaired) electrons. The highest BCUT2D eigenvalue weighted by molar-refractivity contribution is 5.70. The smallest absolute Gasteiger partial charge is 0.307 e. The first-order valence-electron chi connectivity index (χ1n) is 9.62. The highest BCUT2D eigenvalue weighted by Gasteiger charge is 2.11. The molecule has 4 nitrogen and oxygen atoms in total. The van der Waals surface area contributed by atoms with E-state index in [1.54, 1.807) is 0 Å². The predicted octanol–water partition coefficient (Wildman–Crippen LogP) is 4.82. The summed E-state index contributed by atoms with van der Waals surface area (Å²) in [5.74, 6) is 0.190. The number of rotatable bonds is 7. The molecule has 1 N–H and O–H groups in total. The van der Waals surface area contributed by atoms with Crippen LogP contribution in [0.15, 0.2) is 91.1 Å². The van der Waals surface area contributed by atoms with Crippen LogP contribution in [0.4, 0.5) is 0 Å². The topological polar surface area (TPSA) is 55.1 Å². The van der Waals surface area contributed by atoms with Crippen LogP contribution in [0, 0.1) is 0 Å². The fourth-order valence-corrected chi connectivity index (χ4v) is 3.39. The lowest BCUT2D eigenvalue weighted by Gasteiger charge is -2.09. The molecule has 1 aromatic heterocycles. The zero-order valence-corrected chi connectivity index (χ0v) is 16.0. The fourth-order valence-electron chi connectivity index (χ4n) is 3.39. The second-order valence-corrected chi connectivity index (χ2v) is 7.09. The molecule has 0 saturated carbocycles. The van der Waals surface area contributed by atoms with Gasteiger partial charge in [-0.2, -0.15) is 0 Å². The van der Waals surface area contributed by atoms with Crippen molar-refractivity contribution in [3.05, 3.63) is 114 Å². The Hall–Kier alpha value is -3.66.